The minimum atomic E-state index is 0. The second-order valence-corrected chi connectivity index (χ2v) is 5.24. The molecule has 0 aliphatic heterocycles. The van der Waals surface area contributed by atoms with Crippen LogP contribution in [0, 0.1) is 6.92 Å². The molecular formula is C18H25IN4O. The molecule has 0 unspecified atom stereocenters. The maximum atomic E-state index is 5.13. The molecule has 1 heterocycles. The monoisotopic (exact) mass is 440 g/mol. The molecule has 0 fully saturated rings. The van der Waals surface area contributed by atoms with E-state index in [0.717, 1.165) is 24.6 Å². The van der Waals surface area contributed by atoms with Crippen LogP contribution >= 0.6 is 24.0 Å². The Labute approximate surface area is 161 Å². The molecular weight excluding hydrogens is 415 g/mol. The molecule has 1 aromatic heterocycles. The van der Waals surface area contributed by atoms with Crippen molar-refractivity contribution in [3.63, 3.8) is 0 Å². The van der Waals surface area contributed by atoms with E-state index in [1.54, 1.807) is 13.3 Å². The van der Waals surface area contributed by atoms with Crippen molar-refractivity contribution < 1.29 is 4.74 Å². The van der Waals surface area contributed by atoms with Crippen LogP contribution < -0.4 is 15.4 Å². The van der Waals surface area contributed by atoms with Gasteiger partial charge in [0.2, 0.25) is 5.88 Å². The van der Waals surface area contributed by atoms with Crippen molar-refractivity contribution in [1.29, 1.82) is 0 Å². The minimum Gasteiger partial charge on any atom is -0.481 e. The van der Waals surface area contributed by atoms with Crippen molar-refractivity contribution in [2.24, 2.45) is 4.99 Å². The maximum absolute atomic E-state index is 5.13. The summed E-state index contributed by atoms with van der Waals surface area (Å²) in [7, 11) is 1.61. The van der Waals surface area contributed by atoms with Gasteiger partial charge in [0.1, 0.15) is 0 Å². The first-order chi connectivity index (χ1) is 11.2. The Morgan fingerprint density at radius 1 is 1.12 bits per heavy atom. The Morgan fingerprint density at radius 3 is 2.54 bits per heavy atom. The third kappa shape index (κ3) is 6.74. The third-order valence-corrected chi connectivity index (χ3v) is 3.35. The molecule has 0 bridgehead atoms. The van der Waals surface area contributed by atoms with Gasteiger partial charge in [-0.1, -0.05) is 29.8 Å². The van der Waals surface area contributed by atoms with Crippen LogP contribution in [0.5, 0.6) is 5.88 Å². The molecule has 2 rings (SSSR count). The average molecular weight is 440 g/mol. The normalized spacial score (nSPS) is 10.7. The van der Waals surface area contributed by atoms with E-state index >= 15 is 0 Å². The highest BCUT2D eigenvalue weighted by molar-refractivity contribution is 14.0. The highest BCUT2D eigenvalue weighted by Gasteiger charge is 2.00. The van der Waals surface area contributed by atoms with Crippen LogP contribution in [-0.2, 0) is 13.1 Å². The lowest BCUT2D eigenvalue weighted by molar-refractivity contribution is 0.397. The lowest BCUT2D eigenvalue weighted by Gasteiger charge is -2.11. The van der Waals surface area contributed by atoms with Crippen LogP contribution in [0.1, 0.15) is 23.6 Å². The van der Waals surface area contributed by atoms with Crippen molar-refractivity contribution in [1.82, 2.24) is 15.6 Å². The van der Waals surface area contributed by atoms with Gasteiger partial charge in [0.15, 0.2) is 5.96 Å². The Bertz CT molecular complexity index is 644. The molecule has 1 aromatic carbocycles. The first-order valence-electron chi connectivity index (χ1n) is 7.78. The van der Waals surface area contributed by atoms with E-state index in [1.807, 2.05) is 12.1 Å². The smallest absolute Gasteiger partial charge is 0.213 e. The Kier molecular flexibility index (Phi) is 9.14. The zero-order valence-electron chi connectivity index (χ0n) is 14.4. The molecule has 0 atom stereocenters. The number of benzene rings is 1. The maximum Gasteiger partial charge on any atom is 0.213 e. The second-order valence-electron chi connectivity index (χ2n) is 5.24. The SMILES string of the molecule is CCNC(=NCc1ccnc(OC)c1)NCc1ccc(C)cc1.I. The summed E-state index contributed by atoms with van der Waals surface area (Å²) in [5.74, 6) is 1.40. The fraction of sp³-hybridized carbons (Fsp3) is 0.333. The molecule has 0 saturated carbocycles. The molecule has 5 nitrogen and oxygen atoms in total. The van der Waals surface area contributed by atoms with Crippen molar-refractivity contribution in [3.05, 3.63) is 59.3 Å². The van der Waals surface area contributed by atoms with Crippen LogP contribution in [0.4, 0.5) is 0 Å². The van der Waals surface area contributed by atoms with E-state index < -0.39 is 0 Å². The molecule has 6 heteroatoms. The zero-order valence-corrected chi connectivity index (χ0v) is 16.7. The van der Waals surface area contributed by atoms with Crippen LogP contribution in [0.15, 0.2) is 47.6 Å². The number of aliphatic imine (C=N–C) groups is 1. The number of pyridine rings is 1. The standard InChI is InChI=1S/C18H24N4O.HI/c1-4-19-18(21-12-15-7-5-14(2)6-8-15)22-13-16-9-10-20-17(11-16)23-3;/h5-11H,4,12-13H2,1-3H3,(H2,19,21,22);1H. The van der Waals surface area contributed by atoms with E-state index in [9.17, 15) is 0 Å². The van der Waals surface area contributed by atoms with E-state index in [-0.39, 0.29) is 24.0 Å². The molecule has 0 radical (unpaired) electrons. The summed E-state index contributed by atoms with van der Waals surface area (Å²) in [5.41, 5.74) is 3.55. The lowest BCUT2D eigenvalue weighted by atomic mass is 10.1. The van der Waals surface area contributed by atoms with Crippen molar-refractivity contribution in [2.45, 2.75) is 26.9 Å². The van der Waals surface area contributed by atoms with Gasteiger partial charge in [-0.05, 0) is 31.0 Å². The van der Waals surface area contributed by atoms with Crippen molar-refractivity contribution in [2.75, 3.05) is 13.7 Å². The highest BCUT2D eigenvalue weighted by atomic mass is 127. The summed E-state index contributed by atoms with van der Waals surface area (Å²) in [6.45, 7) is 6.28. The number of rotatable bonds is 6. The number of aryl methyl sites for hydroxylation is 1. The van der Waals surface area contributed by atoms with Gasteiger partial charge >= 0.3 is 0 Å². The summed E-state index contributed by atoms with van der Waals surface area (Å²) in [6.07, 6.45) is 1.73. The fourth-order valence-corrected chi connectivity index (χ4v) is 2.06. The number of aromatic nitrogens is 1. The molecule has 130 valence electrons. The molecule has 0 spiro atoms. The molecule has 0 aliphatic carbocycles. The minimum absolute atomic E-state index is 0. The number of ether oxygens (including phenoxy) is 1. The first kappa shape index (κ1) is 20.2. The predicted molar refractivity (Wildman–Crippen MR) is 109 cm³/mol. The van der Waals surface area contributed by atoms with E-state index in [2.05, 4.69) is 58.7 Å². The van der Waals surface area contributed by atoms with E-state index in [4.69, 9.17) is 4.74 Å². The molecule has 0 aliphatic rings. The van der Waals surface area contributed by atoms with Gasteiger partial charge in [-0.15, -0.1) is 24.0 Å². The Hall–Kier alpha value is -1.83. The number of nitrogens with zero attached hydrogens (tertiary/aromatic N) is 2. The summed E-state index contributed by atoms with van der Waals surface area (Å²) in [6, 6.07) is 12.3. The van der Waals surface area contributed by atoms with Gasteiger partial charge in [0.25, 0.3) is 0 Å². The van der Waals surface area contributed by atoms with E-state index in [1.165, 1.54) is 11.1 Å². The quantitative estimate of drug-likeness (QED) is 0.411. The van der Waals surface area contributed by atoms with E-state index in [0.29, 0.717) is 12.4 Å². The summed E-state index contributed by atoms with van der Waals surface area (Å²) < 4.78 is 5.13. The number of guanidine groups is 1. The van der Waals surface area contributed by atoms with Gasteiger partial charge < -0.3 is 15.4 Å². The van der Waals surface area contributed by atoms with Crippen molar-refractivity contribution in [3.8, 4) is 5.88 Å². The number of halogens is 1. The Morgan fingerprint density at radius 2 is 1.88 bits per heavy atom. The second kappa shape index (κ2) is 10.9. The van der Waals surface area contributed by atoms with Gasteiger partial charge in [-0.3, -0.25) is 0 Å². The van der Waals surface area contributed by atoms with Crippen LogP contribution in [-0.4, -0.2) is 24.6 Å². The molecule has 0 saturated heterocycles. The van der Waals surface area contributed by atoms with Gasteiger partial charge in [0.05, 0.1) is 13.7 Å². The topological polar surface area (TPSA) is 58.5 Å². The largest absolute Gasteiger partial charge is 0.481 e. The first-order valence-corrected chi connectivity index (χ1v) is 7.78. The predicted octanol–water partition coefficient (Wildman–Crippen LogP) is 3.27. The lowest BCUT2D eigenvalue weighted by Crippen LogP contribution is -2.36. The van der Waals surface area contributed by atoms with Crippen LogP contribution in [0.25, 0.3) is 0 Å². The Balaban J connectivity index is 0.00000288. The third-order valence-electron chi connectivity index (χ3n) is 3.35. The molecule has 2 aromatic rings. The highest BCUT2D eigenvalue weighted by Crippen LogP contribution is 2.09. The number of methoxy groups -OCH3 is 1. The zero-order chi connectivity index (χ0) is 16.5. The number of nitrogens with one attached hydrogen (secondary N) is 2. The molecule has 2 N–H and O–H groups in total. The average Bonchev–Trinajstić information content (AvgIpc) is 2.59. The number of hydrogen-bond donors (Lipinski definition) is 2. The number of hydrogen-bond acceptors (Lipinski definition) is 3. The summed E-state index contributed by atoms with van der Waals surface area (Å²) in [4.78, 5) is 8.71. The van der Waals surface area contributed by atoms with Gasteiger partial charge in [0, 0.05) is 25.4 Å². The molecule has 24 heavy (non-hydrogen) atoms. The van der Waals surface area contributed by atoms with Gasteiger partial charge in [-0.2, -0.15) is 0 Å². The van der Waals surface area contributed by atoms with Crippen LogP contribution in [0.2, 0.25) is 0 Å². The van der Waals surface area contributed by atoms with Crippen LogP contribution in [0.3, 0.4) is 0 Å². The molecule has 0 amide bonds. The van der Waals surface area contributed by atoms with Crippen molar-refractivity contribution >= 4 is 29.9 Å². The summed E-state index contributed by atoms with van der Waals surface area (Å²) >= 11 is 0. The van der Waals surface area contributed by atoms with Gasteiger partial charge in [-0.25, -0.2) is 9.98 Å². The fourth-order valence-electron chi connectivity index (χ4n) is 2.06. The summed E-state index contributed by atoms with van der Waals surface area (Å²) in [5, 5.41) is 6.60.